The molecule has 2 aliphatic rings. The van der Waals surface area contributed by atoms with Crippen molar-refractivity contribution < 1.29 is 4.74 Å². The third-order valence-electron chi connectivity index (χ3n) is 4.75. The molecule has 0 saturated heterocycles. The second-order valence-electron chi connectivity index (χ2n) is 6.01. The fourth-order valence-electron chi connectivity index (χ4n) is 3.78. The van der Waals surface area contributed by atoms with E-state index >= 15 is 0 Å². The first-order chi connectivity index (χ1) is 9.38. The SMILES string of the molecule is CCNC(CC1CCCC1)C1COc2ccccc21. The monoisotopic (exact) mass is 259 g/mol. The third-order valence-corrected chi connectivity index (χ3v) is 4.75. The first-order valence-corrected chi connectivity index (χ1v) is 7.83. The molecule has 2 heteroatoms. The molecule has 1 fully saturated rings. The average Bonchev–Trinajstić information content (AvgIpc) is 3.07. The van der Waals surface area contributed by atoms with Gasteiger partial charge in [0.05, 0.1) is 6.61 Å². The van der Waals surface area contributed by atoms with Crippen LogP contribution in [0.2, 0.25) is 0 Å². The molecule has 3 rings (SSSR count). The Bertz CT molecular complexity index is 411. The van der Waals surface area contributed by atoms with E-state index in [-0.39, 0.29) is 0 Å². The first-order valence-electron chi connectivity index (χ1n) is 7.83. The molecule has 1 aromatic rings. The number of likely N-dealkylation sites (N-methyl/N-ethyl adjacent to an activating group) is 1. The van der Waals surface area contributed by atoms with Crippen LogP contribution in [0.1, 0.15) is 50.5 Å². The number of para-hydroxylation sites is 1. The molecule has 0 aromatic heterocycles. The minimum Gasteiger partial charge on any atom is -0.493 e. The van der Waals surface area contributed by atoms with E-state index in [1.807, 2.05) is 0 Å². The quantitative estimate of drug-likeness (QED) is 0.870. The lowest BCUT2D eigenvalue weighted by Crippen LogP contribution is -2.37. The Balaban J connectivity index is 1.73. The summed E-state index contributed by atoms with van der Waals surface area (Å²) in [4.78, 5) is 0. The summed E-state index contributed by atoms with van der Waals surface area (Å²) in [5, 5.41) is 3.71. The molecular formula is C17H25NO. The largest absolute Gasteiger partial charge is 0.493 e. The van der Waals surface area contributed by atoms with Gasteiger partial charge in [0.25, 0.3) is 0 Å². The summed E-state index contributed by atoms with van der Waals surface area (Å²) < 4.78 is 5.86. The van der Waals surface area contributed by atoms with E-state index in [1.54, 1.807) is 0 Å². The zero-order chi connectivity index (χ0) is 13.1. The molecule has 1 saturated carbocycles. The summed E-state index contributed by atoms with van der Waals surface area (Å²) >= 11 is 0. The van der Waals surface area contributed by atoms with Crippen molar-refractivity contribution >= 4 is 0 Å². The van der Waals surface area contributed by atoms with E-state index in [9.17, 15) is 0 Å². The molecule has 0 radical (unpaired) electrons. The normalized spacial score (nSPS) is 24.2. The Kier molecular flexibility index (Phi) is 4.07. The van der Waals surface area contributed by atoms with Crippen molar-refractivity contribution in [1.82, 2.24) is 5.32 Å². The van der Waals surface area contributed by atoms with Gasteiger partial charge < -0.3 is 10.1 Å². The number of benzene rings is 1. The van der Waals surface area contributed by atoms with Gasteiger partial charge in [-0.05, 0) is 24.9 Å². The molecule has 19 heavy (non-hydrogen) atoms. The highest BCUT2D eigenvalue weighted by molar-refractivity contribution is 5.40. The molecule has 1 aromatic carbocycles. The molecule has 2 atom stereocenters. The molecular weight excluding hydrogens is 234 g/mol. The third kappa shape index (κ3) is 2.79. The van der Waals surface area contributed by atoms with E-state index in [2.05, 4.69) is 36.5 Å². The van der Waals surface area contributed by atoms with Crippen LogP contribution in [-0.2, 0) is 0 Å². The van der Waals surface area contributed by atoms with Crippen LogP contribution in [0.15, 0.2) is 24.3 Å². The number of hydrogen-bond donors (Lipinski definition) is 1. The predicted molar refractivity (Wildman–Crippen MR) is 78.7 cm³/mol. The van der Waals surface area contributed by atoms with Gasteiger partial charge in [-0.25, -0.2) is 0 Å². The van der Waals surface area contributed by atoms with E-state index in [1.165, 1.54) is 37.7 Å². The fourth-order valence-corrected chi connectivity index (χ4v) is 3.78. The Morgan fingerprint density at radius 1 is 1.26 bits per heavy atom. The van der Waals surface area contributed by atoms with Gasteiger partial charge in [0.2, 0.25) is 0 Å². The minimum atomic E-state index is 0.539. The predicted octanol–water partition coefficient (Wildman–Crippen LogP) is 3.72. The second-order valence-corrected chi connectivity index (χ2v) is 6.01. The van der Waals surface area contributed by atoms with Crippen LogP contribution < -0.4 is 10.1 Å². The topological polar surface area (TPSA) is 21.3 Å². The number of fused-ring (bicyclic) bond motifs is 1. The molecule has 2 nitrogen and oxygen atoms in total. The van der Waals surface area contributed by atoms with Crippen LogP contribution in [0.5, 0.6) is 5.75 Å². The van der Waals surface area contributed by atoms with Gasteiger partial charge in [0.15, 0.2) is 0 Å². The van der Waals surface area contributed by atoms with Crippen molar-refractivity contribution in [3.8, 4) is 5.75 Å². The van der Waals surface area contributed by atoms with Gasteiger partial charge in [-0.2, -0.15) is 0 Å². The van der Waals surface area contributed by atoms with Gasteiger partial charge in [0, 0.05) is 17.5 Å². The fraction of sp³-hybridized carbons (Fsp3) is 0.647. The summed E-state index contributed by atoms with van der Waals surface area (Å²) in [6.45, 7) is 4.11. The van der Waals surface area contributed by atoms with Crippen LogP contribution in [0.3, 0.4) is 0 Å². The molecule has 1 heterocycles. The summed E-state index contributed by atoms with van der Waals surface area (Å²) in [6.07, 6.45) is 7.03. The number of rotatable bonds is 5. The maximum Gasteiger partial charge on any atom is 0.122 e. The van der Waals surface area contributed by atoms with Crippen LogP contribution in [0, 0.1) is 5.92 Å². The molecule has 0 bridgehead atoms. The molecule has 2 unspecified atom stereocenters. The summed E-state index contributed by atoms with van der Waals surface area (Å²) in [7, 11) is 0. The highest BCUT2D eigenvalue weighted by atomic mass is 16.5. The lowest BCUT2D eigenvalue weighted by molar-refractivity contribution is 0.275. The van der Waals surface area contributed by atoms with Crippen LogP contribution >= 0.6 is 0 Å². The van der Waals surface area contributed by atoms with Crippen molar-refractivity contribution in [2.24, 2.45) is 5.92 Å². The van der Waals surface area contributed by atoms with E-state index in [0.29, 0.717) is 12.0 Å². The standard InChI is InChI=1S/C17H25NO/c1-2-18-16(11-13-7-3-4-8-13)15-12-19-17-10-6-5-9-14(15)17/h5-6,9-10,13,15-16,18H,2-4,7-8,11-12H2,1H3. The van der Waals surface area contributed by atoms with Gasteiger partial charge in [-0.3, -0.25) is 0 Å². The Morgan fingerprint density at radius 2 is 2.05 bits per heavy atom. The van der Waals surface area contributed by atoms with Crippen molar-refractivity contribution in [3.05, 3.63) is 29.8 Å². The average molecular weight is 259 g/mol. The van der Waals surface area contributed by atoms with Crippen molar-refractivity contribution in [3.63, 3.8) is 0 Å². The van der Waals surface area contributed by atoms with Crippen LogP contribution in [-0.4, -0.2) is 19.2 Å². The molecule has 1 aliphatic carbocycles. The highest BCUT2D eigenvalue weighted by Gasteiger charge is 2.32. The second kappa shape index (κ2) is 5.96. The Labute approximate surface area is 116 Å². The molecule has 104 valence electrons. The summed E-state index contributed by atoms with van der Waals surface area (Å²) in [6, 6.07) is 9.14. The van der Waals surface area contributed by atoms with Crippen molar-refractivity contribution in [1.29, 1.82) is 0 Å². The smallest absolute Gasteiger partial charge is 0.122 e. The first kappa shape index (κ1) is 13.0. The summed E-state index contributed by atoms with van der Waals surface area (Å²) in [5.41, 5.74) is 1.41. The van der Waals surface area contributed by atoms with Gasteiger partial charge >= 0.3 is 0 Å². The van der Waals surface area contributed by atoms with Gasteiger partial charge in [0.1, 0.15) is 5.75 Å². The Morgan fingerprint density at radius 3 is 2.84 bits per heavy atom. The van der Waals surface area contributed by atoms with Crippen molar-refractivity contribution in [2.45, 2.75) is 51.0 Å². The number of ether oxygens (including phenoxy) is 1. The van der Waals surface area contributed by atoms with E-state index < -0.39 is 0 Å². The van der Waals surface area contributed by atoms with Gasteiger partial charge in [-0.1, -0.05) is 50.8 Å². The molecule has 0 spiro atoms. The number of hydrogen-bond acceptors (Lipinski definition) is 2. The minimum absolute atomic E-state index is 0.539. The van der Waals surface area contributed by atoms with Crippen LogP contribution in [0.4, 0.5) is 0 Å². The Hall–Kier alpha value is -1.02. The molecule has 0 amide bonds. The zero-order valence-electron chi connectivity index (χ0n) is 11.9. The number of nitrogens with one attached hydrogen (secondary N) is 1. The molecule has 1 aliphatic heterocycles. The van der Waals surface area contributed by atoms with Crippen molar-refractivity contribution in [2.75, 3.05) is 13.2 Å². The highest BCUT2D eigenvalue weighted by Crippen LogP contribution is 2.39. The van der Waals surface area contributed by atoms with Crippen LogP contribution in [0.25, 0.3) is 0 Å². The summed E-state index contributed by atoms with van der Waals surface area (Å²) in [5.74, 6) is 2.57. The van der Waals surface area contributed by atoms with E-state index in [0.717, 1.165) is 24.8 Å². The maximum absolute atomic E-state index is 5.86. The maximum atomic E-state index is 5.86. The zero-order valence-corrected chi connectivity index (χ0v) is 11.9. The lowest BCUT2D eigenvalue weighted by atomic mass is 9.86. The van der Waals surface area contributed by atoms with Gasteiger partial charge in [-0.15, -0.1) is 0 Å². The van der Waals surface area contributed by atoms with E-state index in [4.69, 9.17) is 4.74 Å². The lowest BCUT2D eigenvalue weighted by Gasteiger charge is -2.26. The molecule has 1 N–H and O–H groups in total.